The fourth-order valence-electron chi connectivity index (χ4n) is 2.54. The molecule has 1 unspecified atom stereocenters. The summed E-state index contributed by atoms with van der Waals surface area (Å²) in [4.78, 5) is 0. The summed E-state index contributed by atoms with van der Waals surface area (Å²) in [6, 6.07) is 6.06. The highest BCUT2D eigenvalue weighted by atomic mass is 16.5. The second kappa shape index (κ2) is 6.95. The standard InChI is InChI=1S/C16H25NO3/c1-4-19-14-7-6-13(10-15(14)18-3)11-17-12-16(2)8-5-9-20-16/h6-7,10,17H,4-5,8-9,11-12H2,1-3H3. The first-order chi connectivity index (χ1) is 9.67. The first-order valence-corrected chi connectivity index (χ1v) is 7.31. The van der Waals surface area contributed by atoms with Crippen molar-refractivity contribution in [1.29, 1.82) is 0 Å². The molecule has 0 amide bonds. The number of hydrogen-bond acceptors (Lipinski definition) is 4. The van der Waals surface area contributed by atoms with Crippen molar-refractivity contribution in [2.75, 3.05) is 26.9 Å². The van der Waals surface area contributed by atoms with Crippen LogP contribution in [-0.4, -0.2) is 32.5 Å². The van der Waals surface area contributed by atoms with Gasteiger partial charge in [0.2, 0.25) is 0 Å². The lowest BCUT2D eigenvalue weighted by Gasteiger charge is -2.23. The first kappa shape index (κ1) is 15.1. The number of methoxy groups -OCH3 is 1. The van der Waals surface area contributed by atoms with Crippen molar-refractivity contribution >= 4 is 0 Å². The molecule has 1 fully saturated rings. The molecule has 0 aliphatic carbocycles. The van der Waals surface area contributed by atoms with Gasteiger partial charge >= 0.3 is 0 Å². The van der Waals surface area contributed by atoms with Gasteiger partial charge in [-0.05, 0) is 44.4 Å². The summed E-state index contributed by atoms with van der Waals surface area (Å²) in [5.74, 6) is 1.58. The Morgan fingerprint density at radius 2 is 2.20 bits per heavy atom. The Balaban J connectivity index is 1.89. The second-order valence-corrected chi connectivity index (χ2v) is 5.42. The van der Waals surface area contributed by atoms with Crippen LogP contribution >= 0.6 is 0 Å². The van der Waals surface area contributed by atoms with Crippen molar-refractivity contribution in [2.45, 2.75) is 38.8 Å². The average molecular weight is 279 g/mol. The van der Waals surface area contributed by atoms with Crippen LogP contribution in [0.3, 0.4) is 0 Å². The molecule has 4 nitrogen and oxygen atoms in total. The summed E-state index contributed by atoms with van der Waals surface area (Å²) in [6.45, 7) is 7.35. The minimum atomic E-state index is -0.00461. The second-order valence-electron chi connectivity index (χ2n) is 5.42. The molecule has 0 aromatic heterocycles. The summed E-state index contributed by atoms with van der Waals surface area (Å²) >= 11 is 0. The summed E-state index contributed by atoms with van der Waals surface area (Å²) in [7, 11) is 1.67. The highest BCUT2D eigenvalue weighted by molar-refractivity contribution is 5.42. The van der Waals surface area contributed by atoms with Gasteiger partial charge in [0.15, 0.2) is 11.5 Å². The van der Waals surface area contributed by atoms with Gasteiger partial charge in [-0.3, -0.25) is 0 Å². The van der Waals surface area contributed by atoms with Gasteiger partial charge in [0.05, 0.1) is 19.3 Å². The minimum Gasteiger partial charge on any atom is -0.493 e. The van der Waals surface area contributed by atoms with E-state index in [0.29, 0.717) is 6.61 Å². The van der Waals surface area contributed by atoms with Gasteiger partial charge in [-0.2, -0.15) is 0 Å². The maximum Gasteiger partial charge on any atom is 0.161 e. The van der Waals surface area contributed by atoms with Gasteiger partial charge in [-0.1, -0.05) is 6.07 Å². The third kappa shape index (κ3) is 3.87. The molecule has 1 saturated heterocycles. The zero-order chi connectivity index (χ0) is 14.4. The summed E-state index contributed by atoms with van der Waals surface area (Å²) in [5, 5.41) is 3.47. The lowest BCUT2D eigenvalue weighted by Crippen LogP contribution is -2.36. The van der Waals surface area contributed by atoms with E-state index in [2.05, 4.69) is 18.3 Å². The summed E-state index contributed by atoms with van der Waals surface area (Å²) in [5.41, 5.74) is 1.18. The predicted molar refractivity (Wildman–Crippen MR) is 79.5 cm³/mol. The molecular weight excluding hydrogens is 254 g/mol. The SMILES string of the molecule is CCOc1ccc(CNCC2(C)CCCO2)cc1OC. The Labute approximate surface area is 121 Å². The molecular formula is C16H25NO3. The molecule has 1 aliphatic heterocycles. The number of benzene rings is 1. The molecule has 1 aromatic rings. The molecule has 0 bridgehead atoms. The highest BCUT2D eigenvalue weighted by Gasteiger charge is 2.28. The monoisotopic (exact) mass is 279 g/mol. The Bertz CT molecular complexity index is 428. The maximum absolute atomic E-state index is 5.77. The smallest absolute Gasteiger partial charge is 0.161 e. The van der Waals surface area contributed by atoms with Crippen molar-refractivity contribution in [3.8, 4) is 11.5 Å². The highest BCUT2D eigenvalue weighted by Crippen LogP contribution is 2.28. The van der Waals surface area contributed by atoms with E-state index in [9.17, 15) is 0 Å². The Morgan fingerprint density at radius 1 is 1.35 bits per heavy atom. The van der Waals surface area contributed by atoms with E-state index in [1.807, 2.05) is 19.1 Å². The van der Waals surface area contributed by atoms with Crippen molar-refractivity contribution in [3.63, 3.8) is 0 Å². The van der Waals surface area contributed by atoms with Gasteiger partial charge in [0.25, 0.3) is 0 Å². The van der Waals surface area contributed by atoms with Crippen LogP contribution in [0.2, 0.25) is 0 Å². The van der Waals surface area contributed by atoms with Crippen LogP contribution in [0.5, 0.6) is 11.5 Å². The molecule has 1 atom stereocenters. The lowest BCUT2D eigenvalue weighted by molar-refractivity contribution is 0.0207. The molecule has 1 aromatic carbocycles. The molecule has 0 saturated carbocycles. The molecule has 1 N–H and O–H groups in total. The Hall–Kier alpha value is -1.26. The van der Waals surface area contributed by atoms with Crippen molar-refractivity contribution in [2.24, 2.45) is 0 Å². The van der Waals surface area contributed by atoms with E-state index < -0.39 is 0 Å². The third-order valence-electron chi connectivity index (χ3n) is 3.66. The minimum absolute atomic E-state index is 0.00461. The Morgan fingerprint density at radius 3 is 2.85 bits per heavy atom. The molecule has 4 heteroatoms. The molecule has 0 radical (unpaired) electrons. The summed E-state index contributed by atoms with van der Waals surface area (Å²) < 4.78 is 16.6. The largest absolute Gasteiger partial charge is 0.493 e. The van der Waals surface area contributed by atoms with Gasteiger partial charge in [0.1, 0.15) is 0 Å². The van der Waals surface area contributed by atoms with E-state index >= 15 is 0 Å². The zero-order valence-corrected chi connectivity index (χ0v) is 12.7. The van der Waals surface area contributed by atoms with Gasteiger partial charge in [0, 0.05) is 19.7 Å². The first-order valence-electron chi connectivity index (χ1n) is 7.31. The van der Waals surface area contributed by atoms with Crippen LogP contribution < -0.4 is 14.8 Å². The third-order valence-corrected chi connectivity index (χ3v) is 3.66. The van der Waals surface area contributed by atoms with Crippen molar-refractivity contribution in [1.82, 2.24) is 5.32 Å². The number of nitrogens with one attached hydrogen (secondary N) is 1. The number of rotatable bonds is 7. The normalized spacial score (nSPS) is 21.9. The molecule has 112 valence electrons. The fourth-order valence-corrected chi connectivity index (χ4v) is 2.54. The van der Waals surface area contributed by atoms with E-state index in [-0.39, 0.29) is 5.60 Å². The van der Waals surface area contributed by atoms with E-state index in [1.54, 1.807) is 7.11 Å². The van der Waals surface area contributed by atoms with Crippen LogP contribution in [0, 0.1) is 0 Å². The van der Waals surface area contributed by atoms with Crippen LogP contribution in [0.4, 0.5) is 0 Å². The molecule has 0 spiro atoms. The van der Waals surface area contributed by atoms with Gasteiger partial charge in [-0.15, -0.1) is 0 Å². The molecule has 1 heterocycles. The van der Waals surface area contributed by atoms with Crippen LogP contribution in [0.1, 0.15) is 32.3 Å². The molecule has 1 aliphatic rings. The Kier molecular flexibility index (Phi) is 5.26. The van der Waals surface area contributed by atoms with E-state index in [1.165, 1.54) is 5.56 Å². The van der Waals surface area contributed by atoms with Crippen LogP contribution in [0.15, 0.2) is 18.2 Å². The molecule has 2 rings (SSSR count). The lowest BCUT2D eigenvalue weighted by atomic mass is 10.0. The van der Waals surface area contributed by atoms with Gasteiger partial charge < -0.3 is 19.5 Å². The number of ether oxygens (including phenoxy) is 3. The van der Waals surface area contributed by atoms with Crippen LogP contribution in [0.25, 0.3) is 0 Å². The van der Waals surface area contributed by atoms with E-state index in [4.69, 9.17) is 14.2 Å². The average Bonchev–Trinajstić information content (AvgIpc) is 2.87. The maximum atomic E-state index is 5.77. The van der Waals surface area contributed by atoms with E-state index in [0.717, 1.165) is 44.0 Å². The fraction of sp³-hybridized carbons (Fsp3) is 0.625. The van der Waals surface area contributed by atoms with Gasteiger partial charge in [-0.25, -0.2) is 0 Å². The van der Waals surface area contributed by atoms with Crippen molar-refractivity contribution < 1.29 is 14.2 Å². The zero-order valence-electron chi connectivity index (χ0n) is 12.7. The number of hydrogen-bond donors (Lipinski definition) is 1. The van der Waals surface area contributed by atoms with Crippen molar-refractivity contribution in [3.05, 3.63) is 23.8 Å². The quantitative estimate of drug-likeness (QED) is 0.833. The van der Waals surface area contributed by atoms with Crippen LogP contribution in [-0.2, 0) is 11.3 Å². The topological polar surface area (TPSA) is 39.7 Å². The molecule has 20 heavy (non-hydrogen) atoms. The summed E-state index contributed by atoms with van der Waals surface area (Å²) in [6.07, 6.45) is 2.29. The predicted octanol–water partition coefficient (Wildman–Crippen LogP) is 2.75.